The fourth-order valence-corrected chi connectivity index (χ4v) is 3.63. The van der Waals surface area contributed by atoms with Crippen LogP contribution in [0.1, 0.15) is 36.8 Å². The normalized spacial score (nSPS) is 26.2. The maximum atomic E-state index is 13.4. The van der Waals surface area contributed by atoms with E-state index in [0.29, 0.717) is 5.92 Å². The molecule has 1 unspecified atom stereocenters. The minimum atomic E-state index is -0.0947. The van der Waals surface area contributed by atoms with Crippen molar-refractivity contribution in [2.24, 2.45) is 11.7 Å². The molecule has 2 aliphatic carbocycles. The molecule has 1 aromatic rings. The summed E-state index contributed by atoms with van der Waals surface area (Å²) in [7, 11) is 0. The molecule has 1 fully saturated rings. The Balaban J connectivity index is 2.10. The van der Waals surface area contributed by atoms with Crippen molar-refractivity contribution in [1.82, 2.24) is 0 Å². The van der Waals surface area contributed by atoms with Gasteiger partial charge in [-0.25, -0.2) is 4.39 Å². The second-order valence-corrected chi connectivity index (χ2v) is 5.28. The zero-order valence-electron chi connectivity index (χ0n) is 9.51. The van der Waals surface area contributed by atoms with Crippen molar-refractivity contribution >= 4 is 0 Å². The zero-order valence-corrected chi connectivity index (χ0v) is 9.51. The van der Waals surface area contributed by atoms with Crippen LogP contribution in [-0.2, 0) is 11.8 Å². The van der Waals surface area contributed by atoms with E-state index in [9.17, 15) is 4.39 Å². The van der Waals surface area contributed by atoms with Gasteiger partial charge in [-0.05, 0) is 66.8 Å². The minimum Gasteiger partial charge on any atom is -0.330 e. The maximum absolute atomic E-state index is 13.4. The van der Waals surface area contributed by atoms with Crippen molar-refractivity contribution in [2.75, 3.05) is 6.54 Å². The van der Waals surface area contributed by atoms with Gasteiger partial charge in [-0.15, -0.1) is 0 Å². The van der Waals surface area contributed by atoms with Gasteiger partial charge in [0.2, 0.25) is 0 Å². The predicted octanol–water partition coefficient (Wildman–Crippen LogP) is 2.77. The molecular formula is C14H18FN. The molecule has 0 amide bonds. The van der Waals surface area contributed by atoms with Crippen LogP contribution in [0.2, 0.25) is 0 Å². The highest BCUT2D eigenvalue weighted by Gasteiger charge is 2.47. The minimum absolute atomic E-state index is 0.0947. The maximum Gasteiger partial charge on any atom is 0.123 e. The Morgan fingerprint density at radius 1 is 1.38 bits per heavy atom. The van der Waals surface area contributed by atoms with Gasteiger partial charge in [-0.2, -0.15) is 0 Å². The van der Waals surface area contributed by atoms with Gasteiger partial charge in [-0.3, -0.25) is 0 Å². The third kappa shape index (κ3) is 1.26. The first kappa shape index (κ1) is 10.3. The molecule has 0 aromatic heterocycles. The smallest absolute Gasteiger partial charge is 0.123 e. The van der Waals surface area contributed by atoms with E-state index < -0.39 is 0 Å². The fourth-order valence-electron chi connectivity index (χ4n) is 3.63. The number of nitrogens with two attached hydrogens (primary N) is 1. The van der Waals surface area contributed by atoms with Gasteiger partial charge in [-0.1, -0.05) is 12.5 Å². The van der Waals surface area contributed by atoms with Gasteiger partial charge in [0, 0.05) is 0 Å². The van der Waals surface area contributed by atoms with Crippen LogP contribution in [0, 0.1) is 11.7 Å². The lowest BCUT2D eigenvalue weighted by atomic mass is 9.53. The predicted molar refractivity (Wildman–Crippen MR) is 62.8 cm³/mol. The molecule has 16 heavy (non-hydrogen) atoms. The Kier molecular flexibility index (Phi) is 2.28. The van der Waals surface area contributed by atoms with E-state index in [4.69, 9.17) is 5.73 Å². The van der Waals surface area contributed by atoms with Crippen LogP contribution < -0.4 is 5.73 Å². The highest BCUT2D eigenvalue weighted by atomic mass is 19.1. The Morgan fingerprint density at radius 3 is 2.81 bits per heavy atom. The topological polar surface area (TPSA) is 26.0 Å². The van der Waals surface area contributed by atoms with Crippen molar-refractivity contribution in [3.05, 3.63) is 35.1 Å². The molecule has 2 aliphatic rings. The van der Waals surface area contributed by atoms with E-state index in [1.807, 2.05) is 6.07 Å². The van der Waals surface area contributed by atoms with Crippen LogP contribution in [-0.4, -0.2) is 6.54 Å². The molecule has 86 valence electrons. The summed E-state index contributed by atoms with van der Waals surface area (Å²) >= 11 is 0. The van der Waals surface area contributed by atoms with Crippen LogP contribution in [0.25, 0.3) is 0 Å². The molecule has 2 N–H and O–H groups in total. The van der Waals surface area contributed by atoms with Crippen molar-refractivity contribution in [1.29, 1.82) is 0 Å². The molecule has 0 aliphatic heterocycles. The molecule has 1 nitrogen and oxygen atoms in total. The Labute approximate surface area is 95.8 Å². The van der Waals surface area contributed by atoms with E-state index in [-0.39, 0.29) is 11.2 Å². The Bertz CT molecular complexity index is 409. The molecule has 2 heteroatoms. The van der Waals surface area contributed by atoms with Gasteiger partial charge in [0.05, 0.1) is 0 Å². The molecule has 0 saturated heterocycles. The highest BCUT2D eigenvalue weighted by molar-refractivity contribution is 5.40. The quantitative estimate of drug-likeness (QED) is 0.772. The molecule has 3 rings (SSSR count). The Morgan fingerprint density at radius 2 is 2.19 bits per heavy atom. The summed E-state index contributed by atoms with van der Waals surface area (Å²) < 4.78 is 13.4. The lowest BCUT2D eigenvalue weighted by molar-refractivity contribution is 0.129. The van der Waals surface area contributed by atoms with Gasteiger partial charge in [0.15, 0.2) is 0 Å². The summed E-state index contributed by atoms with van der Waals surface area (Å²) in [4.78, 5) is 0. The van der Waals surface area contributed by atoms with Crippen LogP contribution in [0.4, 0.5) is 4.39 Å². The number of benzene rings is 1. The number of halogens is 1. The first-order valence-corrected chi connectivity index (χ1v) is 6.25. The summed E-state index contributed by atoms with van der Waals surface area (Å²) in [5.74, 6) is 0.471. The second kappa shape index (κ2) is 3.56. The number of aryl methyl sites for hydroxylation is 1. The third-order valence-electron chi connectivity index (χ3n) is 4.68. The van der Waals surface area contributed by atoms with Crippen LogP contribution in [0.5, 0.6) is 0 Å². The number of hydrogen-bond donors (Lipinski definition) is 1. The SMILES string of the molecule is NCC1CCc2ccc(F)cc2C12CCC2. The monoisotopic (exact) mass is 219 g/mol. The van der Waals surface area contributed by atoms with Gasteiger partial charge in [0.25, 0.3) is 0 Å². The summed E-state index contributed by atoms with van der Waals surface area (Å²) in [5.41, 5.74) is 8.73. The summed E-state index contributed by atoms with van der Waals surface area (Å²) in [6, 6.07) is 5.32. The van der Waals surface area contributed by atoms with Crippen molar-refractivity contribution in [3.63, 3.8) is 0 Å². The van der Waals surface area contributed by atoms with E-state index >= 15 is 0 Å². The summed E-state index contributed by atoms with van der Waals surface area (Å²) in [5, 5.41) is 0. The van der Waals surface area contributed by atoms with E-state index in [0.717, 1.165) is 13.0 Å². The van der Waals surface area contributed by atoms with Gasteiger partial charge >= 0.3 is 0 Å². The van der Waals surface area contributed by atoms with Crippen molar-refractivity contribution in [3.8, 4) is 0 Å². The number of fused-ring (bicyclic) bond motifs is 2. The van der Waals surface area contributed by atoms with Crippen molar-refractivity contribution in [2.45, 2.75) is 37.5 Å². The van der Waals surface area contributed by atoms with E-state index in [1.165, 1.54) is 36.8 Å². The molecular weight excluding hydrogens is 201 g/mol. The van der Waals surface area contributed by atoms with Gasteiger partial charge in [0.1, 0.15) is 5.82 Å². The number of hydrogen-bond acceptors (Lipinski definition) is 1. The second-order valence-electron chi connectivity index (χ2n) is 5.28. The molecule has 0 bridgehead atoms. The molecule has 1 spiro atoms. The zero-order chi connectivity index (χ0) is 11.2. The van der Waals surface area contributed by atoms with Crippen molar-refractivity contribution < 1.29 is 4.39 Å². The van der Waals surface area contributed by atoms with E-state index in [2.05, 4.69) is 0 Å². The Hall–Kier alpha value is -0.890. The van der Waals surface area contributed by atoms with E-state index in [1.54, 1.807) is 12.1 Å². The molecule has 1 saturated carbocycles. The largest absolute Gasteiger partial charge is 0.330 e. The third-order valence-corrected chi connectivity index (χ3v) is 4.68. The molecule has 1 atom stereocenters. The average Bonchev–Trinajstić information content (AvgIpc) is 2.24. The van der Waals surface area contributed by atoms with Crippen LogP contribution in [0.15, 0.2) is 18.2 Å². The highest BCUT2D eigenvalue weighted by Crippen LogP contribution is 2.54. The lowest BCUT2D eigenvalue weighted by Crippen LogP contribution is -2.48. The summed E-state index contributed by atoms with van der Waals surface area (Å²) in [6.45, 7) is 0.746. The molecule has 0 radical (unpaired) electrons. The van der Waals surface area contributed by atoms with Crippen LogP contribution >= 0.6 is 0 Å². The fraction of sp³-hybridized carbons (Fsp3) is 0.571. The standard InChI is InChI=1S/C14H18FN/c15-12-5-3-10-2-4-11(9-16)14(6-1-7-14)13(10)8-12/h3,5,8,11H,1-2,4,6-7,9,16H2. The van der Waals surface area contributed by atoms with Gasteiger partial charge < -0.3 is 5.73 Å². The van der Waals surface area contributed by atoms with Crippen LogP contribution in [0.3, 0.4) is 0 Å². The molecule has 1 aromatic carbocycles. The molecule has 0 heterocycles. The number of rotatable bonds is 1. The lowest BCUT2D eigenvalue weighted by Gasteiger charge is -2.51. The summed E-state index contributed by atoms with van der Waals surface area (Å²) in [6.07, 6.45) is 5.91. The average molecular weight is 219 g/mol. The first-order chi connectivity index (χ1) is 7.76. The first-order valence-electron chi connectivity index (χ1n) is 6.25.